The van der Waals surface area contributed by atoms with Gasteiger partial charge in [0.1, 0.15) is 17.6 Å². The highest BCUT2D eigenvalue weighted by atomic mass is 19.1. The summed E-state index contributed by atoms with van der Waals surface area (Å²) in [7, 11) is 0. The van der Waals surface area contributed by atoms with Crippen molar-refractivity contribution in [3.63, 3.8) is 0 Å². The van der Waals surface area contributed by atoms with E-state index in [2.05, 4.69) is 15.1 Å². The summed E-state index contributed by atoms with van der Waals surface area (Å²) in [5.74, 6) is -1.32. The molecule has 2 N–H and O–H groups in total. The lowest BCUT2D eigenvalue weighted by molar-refractivity contribution is -0.136. The first-order valence-corrected chi connectivity index (χ1v) is 11.9. The van der Waals surface area contributed by atoms with Gasteiger partial charge in [-0.05, 0) is 49.1 Å². The highest BCUT2D eigenvalue weighted by molar-refractivity contribution is 6.06. The monoisotopic (exact) mass is 480 g/mol. The Balaban J connectivity index is 1.30. The van der Waals surface area contributed by atoms with Gasteiger partial charge in [0, 0.05) is 62.5 Å². The van der Waals surface area contributed by atoms with Gasteiger partial charge in [-0.25, -0.2) is 4.39 Å². The zero-order chi connectivity index (χ0) is 24.9. The van der Waals surface area contributed by atoms with Gasteiger partial charge in [0.2, 0.25) is 11.8 Å². The molecule has 0 spiro atoms. The maximum Gasteiger partial charge on any atom is 0.255 e. The van der Waals surface area contributed by atoms with Crippen LogP contribution in [0.25, 0.3) is 0 Å². The van der Waals surface area contributed by atoms with E-state index in [1.807, 2.05) is 26.0 Å². The largest absolute Gasteiger partial charge is 0.507 e. The molecule has 2 aromatic rings. The van der Waals surface area contributed by atoms with Crippen LogP contribution < -0.4 is 10.2 Å². The summed E-state index contributed by atoms with van der Waals surface area (Å²) >= 11 is 0. The highest BCUT2D eigenvalue weighted by Gasteiger charge is 2.41. The van der Waals surface area contributed by atoms with Gasteiger partial charge >= 0.3 is 0 Å². The lowest BCUT2D eigenvalue weighted by Crippen LogP contribution is -2.52. The number of piperazine rings is 1. The number of imide groups is 1. The van der Waals surface area contributed by atoms with E-state index in [9.17, 15) is 23.9 Å². The van der Waals surface area contributed by atoms with Crippen LogP contribution in [-0.2, 0) is 22.7 Å². The SMILES string of the molecule is Cc1cc(CN2CCN(c3cc(F)cc4c3CN(C3CCC(=O)NC3=O)C4=O)CC2)cc(C)c1O. The van der Waals surface area contributed by atoms with Crippen molar-refractivity contribution < 1.29 is 23.9 Å². The van der Waals surface area contributed by atoms with E-state index in [0.717, 1.165) is 41.9 Å². The minimum atomic E-state index is -0.724. The molecule has 0 saturated carbocycles. The molecule has 3 heterocycles. The number of fused-ring (bicyclic) bond motifs is 1. The van der Waals surface area contributed by atoms with E-state index in [-0.39, 0.29) is 31.2 Å². The first kappa shape index (κ1) is 23.3. The summed E-state index contributed by atoms with van der Waals surface area (Å²) in [5, 5.41) is 12.3. The summed E-state index contributed by atoms with van der Waals surface area (Å²) in [6, 6.07) is 6.01. The molecule has 5 rings (SSSR count). The molecule has 9 heteroatoms. The maximum atomic E-state index is 14.6. The number of carbonyl (C=O) groups is 3. The van der Waals surface area contributed by atoms with Gasteiger partial charge in [0.15, 0.2) is 0 Å². The van der Waals surface area contributed by atoms with Gasteiger partial charge < -0.3 is 14.9 Å². The Morgan fingerprint density at radius 3 is 2.37 bits per heavy atom. The van der Waals surface area contributed by atoms with Crippen LogP contribution in [0.1, 0.15) is 45.5 Å². The summed E-state index contributed by atoms with van der Waals surface area (Å²) in [4.78, 5) is 42.9. The van der Waals surface area contributed by atoms with E-state index in [0.29, 0.717) is 30.1 Å². The number of halogens is 1. The van der Waals surface area contributed by atoms with Crippen molar-refractivity contribution >= 4 is 23.4 Å². The molecule has 2 fully saturated rings. The molecule has 0 bridgehead atoms. The molecule has 2 aromatic carbocycles. The van der Waals surface area contributed by atoms with E-state index in [1.165, 1.54) is 17.0 Å². The molecule has 0 radical (unpaired) electrons. The molecule has 1 unspecified atom stereocenters. The summed E-state index contributed by atoms with van der Waals surface area (Å²) in [6.45, 7) is 7.68. The van der Waals surface area contributed by atoms with E-state index >= 15 is 0 Å². The van der Waals surface area contributed by atoms with Crippen LogP contribution >= 0.6 is 0 Å². The summed E-state index contributed by atoms with van der Waals surface area (Å²) < 4.78 is 14.6. The minimum Gasteiger partial charge on any atom is -0.507 e. The number of benzene rings is 2. The second-order valence-electron chi connectivity index (χ2n) is 9.69. The average molecular weight is 481 g/mol. The van der Waals surface area contributed by atoms with Crippen molar-refractivity contribution in [3.8, 4) is 5.75 Å². The first-order valence-electron chi connectivity index (χ1n) is 11.9. The van der Waals surface area contributed by atoms with Gasteiger partial charge in [-0.1, -0.05) is 12.1 Å². The molecular weight excluding hydrogens is 451 g/mol. The number of rotatable bonds is 4. The van der Waals surface area contributed by atoms with Crippen LogP contribution in [0.15, 0.2) is 24.3 Å². The molecule has 0 aromatic heterocycles. The molecule has 8 nitrogen and oxygen atoms in total. The average Bonchev–Trinajstić information content (AvgIpc) is 3.13. The Labute approximate surface area is 203 Å². The maximum absolute atomic E-state index is 14.6. The third kappa shape index (κ3) is 4.36. The van der Waals surface area contributed by atoms with Crippen molar-refractivity contribution in [2.75, 3.05) is 31.1 Å². The van der Waals surface area contributed by atoms with Crippen LogP contribution in [0.4, 0.5) is 10.1 Å². The smallest absolute Gasteiger partial charge is 0.255 e. The fourth-order valence-electron chi connectivity index (χ4n) is 5.43. The first-order chi connectivity index (χ1) is 16.7. The number of piperidine rings is 1. The zero-order valence-electron chi connectivity index (χ0n) is 19.9. The number of anilines is 1. The molecule has 0 aliphatic carbocycles. The number of amides is 3. The molecule has 3 amide bonds. The zero-order valence-corrected chi connectivity index (χ0v) is 19.9. The number of hydrogen-bond donors (Lipinski definition) is 2. The molecule has 3 aliphatic rings. The lowest BCUT2D eigenvalue weighted by Gasteiger charge is -2.37. The topological polar surface area (TPSA) is 93.2 Å². The van der Waals surface area contributed by atoms with Crippen LogP contribution in [0.5, 0.6) is 5.75 Å². The summed E-state index contributed by atoms with van der Waals surface area (Å²) in [5.41, 5.74) is 4.59. The number of aryl methyl sites for hydroxylation is 2. The van der Waals surface area contributed by atoms with Crippen molar-refractivity contribution in [3.05, 3.63) is 57.9 Å². The fraction of sp³-hybridized carbons (Fsp3) is 0.423. The molecule has 2 saturated heterocycles. The minimum absolute atomic E-state index is 0.180. The molecule has 35 heavy (non-hydrogen) atoms. The predicted molar refractivity (Wildman–Crippen MR) is 128 cm³/mol. The van der Waals surface area contributed by atoms with Crippen LogP contribution in [-0.4, -0.2) is 64.8 Å². The van der Waals surface area contributed by atoms with Crippen molar-refractivity contribution in [2.45, 2.75) is 45.8 Å². The fourth-order valence-corrected chi connectivity index (χ4v) is 5.43. The number of carbonyl (C=O) groups excluding carboxylic acids is 3. The third-order valence-corrected chi connectivity index (χ3v) is 7.27. The van der Waals surface area contributed by atoms with Crippen molar-refractivity contribution in [1.82, 2.24) is 15.1 Å². The third-order valence-electron chi connectivity index (χ3n) is 7.27. The van der Waals surface area contributed by atoms with E-state index < -0.39 is 17.8 Å². The van der Waals surface area contributed by atoms with Gasteiger partial charge in [0.25, 0.3) is 5.91 Å². The Hall–Kier alpha value is -3.46. The van der Waals surface area contributed by atoms with Crippen LogP contribution in [0.3, 0.4) is 0 Å². The normalized spacial score (nSPS) is 20.9. The Morgan fingerprint density at radius 2 is 1.71 bits per heavy atom. The van der Waals surface area contributed by atoms with Crippen LogP contribution in [0.2, 0.25) is 0 Å². The van der Waals surface area contributed by atoms with E-state index in [4.69, 9.17) is 0 Å². The Kier molecular flexibility index (Phi) is 5.96. The Bertz CT molecular complexity index is 1200. The standard InChI is InChI=1S/C26H29FN4O4/c1-15-9-17(10-16(2)24(15)33)13-29-5-7-30(8-6-29)22-12-18(27)11-19-20(22)14-31(26(19)35)21-3-4-23(32)28-25(21)34/h9-12,21,33H,3-8,13-14H2,1-2H3,(H,28,32,34). The van der Waals surface area contributed by atoms with E-state index in [1.54, 1.807) is 0 Å². The number of aromatic hydroxyl groups is 1. The number of nitrogens with one attached hydrogen (secondary N) is 1. The molecular formula is C26H29FN4O4. The van der Waals surface area contributed by atoms with Crippen molar-refractivity contribution in [1.29, 1.82) is 0 Å². The van der Waals surface area contributed by atoms with Gasteiger partial charge in [0.05, 0.1) is 0 Å². The summed E-state index contributed by atoms with van der Waals surface area (Å²) in [6.07, 6.45) is 0.455. The molecule has 3 aliphatic heterocycles. The second kappa shape index (κ2) is 8.96. The number of phenols is 1. The number of hydrogen-bond acceptors (Lipinski definition) is 6. The Morgan fingerprint density at radius 1 is 1.03 bits per heavy atom. The predicted octanol–water partition coefficient (Wildman–Crippen LogP) is 2.23. The lowest BCUT2D eigenvalue weighted by atomic mass is 10.0. The number of phenolic OH excluding ortho intramolecular Hbond substituents is 1. The van der Waals surface area contributed by atoms with Crippen LogP contribution in [0, 0.1) is 19.7 Å². The number of nitrogens with zero attached hydrogens (tertiary/aromatic N) is 3. The molecule has 184 valence electrons. The highest BCUT2D eigenvalue weighted by Crippen LogP contribution is 2.35. The second-order valence-corrected chi connectivity index (χ2v) is 9.69. The molecule has 1 atom stereocenters. The van der Waals surface area contributed by atoms with Gasteiger partial charge in [-0.15, -0.1) is 0 Å². The van der Waals surface area contributed by atoms with Gasteiger partial charge in [-0.3, -0.25) is 24.6 Å². The van der Waals surface area contributed by atoms with Gasteiger partial charge in [-0.2, -0.15) is 0 Å². The quantitative estimate of drug-likeness (QED) is 0.652. The van der Waals surface area contributed by atoms with Crippen molar-refractivity contribution in [2.24, 2.45) is 0 Å².